The van der Waals surface area contributed by atoms with Crippen LogP contribution in [0.3, 0.4) is 0 Å². The van der Waals surface area contributed by atoms with Crippen LogP contribution in [0.1, 0.15) is 32.1 Å². The summed E-state index contributed by atoms with van der Waals surface area (Å²) in [7, 11) is 0. The van der Waals surface area contributed by atoms with E-state index in [0.717, 1.165) is 31.7 Å². The van der Waals surface area contributed by atoms with Crippen molar-refractivity contribution in [2.24, 2.45) is 11.3 Å². The molecule has 0 amide bonds. The second-order valence-corrected chi connectivity index (χ2v) is 4.49. The minimum absolute atomic E-state index is 0.428. The van der Waals surface area contributed by atoms with Gasteiger partial charge in [0.25, 0.3) is 0 Å². The molecule has 1 atom stereocenters. The Morgan fingerprint density at radius 2 is 2.31 bits per heavy atom. The minimum atomic E-state index is -0.599. The molecule has 13 heavy (non-hydrogen) atoms. The van der Waals surface area contributed by atoms with Crippen molar-refractivity contribution < 1.29 is 9.90 Å². The summed E-state index contributed by atoms with van der Waals surface area (Å²) in [5, 5.41) is 12.3. The normalized spacial score (nSPS) is 33.5. The van der Waals surface area contributed by atoms with Crippen LogP contribution in [0.25, 0.3) is 0 Å². The molecule has 1 heterocycles. The SMILES string of the molecule is O=C(O)C1(CCC2CC2)CCNC1. The van der Waals surface area contributed by atoms with Gasteiger partial charge in [-0.3, -0.25) is 4.79 Å². The van der Waals surface area contributed by atoms with Crippen molar-refractivity contribution in [1.82, 2.24) is 5.32 Å². The lowest BCUT2D eigenvalue weighted by atomic mass is 9.82. The van der Waals surface area contributed by atoms with Gasteiger partial charge in [0.15, 0.2) is 0 Å². The van der Waals surface area contributed by atoms with Crippen molar-refractivity contribution in [3.8, 4) is 0 Å². The molecule has 1 aliphatic heterocycles. The quantitative estimate of drug-likeness (QED) is 0.689. The van der Waals surface area contributed by atoms with E-state index in [4.69, 9.17) is 5.11 Å². The Morgan fingerprint density at radius 1 is 1.54 bits per heavy atom. The largest absolute Gasteiger partial charge is 0.481 e. The minimum Gasteiger partial charge on any atom is -0.481 e. The summed E-state index contributed by atoms with van der Waals surface area (Å²) < 4.78 is 0. The fraction of sp³-hybridized carbons (Fsp3) is 0.900. The van der Waals surface area contributed by atoms with Crippen molar-refractivity contribution >= 4 is 5.97 Å². The number of aliphatic carboxylic acids is 1. The average molecular weight is 183 g/mol. The molecule has 1 saturated carbocycles. The van der Waals surface area contributed by atoms with Crippen LogP contribution in [0.5, 0.6) is 0 Å². The third kappa shape index (κ3) is 1.85. The van der Waals surface area contributed by atoms with Crippen LogP contribution >= 0.6 is 0 Å². The van der Waals surface area contributed by atoms with E-state index < -0.39 is 11.4 Å². The van der Waals surface area contributed by atoms with E-state index in [9.17, 15) is 4.79 Å². The van der Waals surface area contributed by atoms with Crippen molar-refractivity contribution in [3.63, 3.8) is 0 Å². The number of hydrogen-bond acceptors (Lipinski definition) is 2. The van der Waals surface area contributed by atoms with Crippen LogP contribution in [-0.4, -0.2) is 24.2 Å². The summed E-state index contributed by atoms with van der Waals surface area (Å²) in [6, 6.07) is 0. The van der Waals surface area contributed by atoms with Gasteiger partial charge in [-0.2, -0.15) is 0 Å². The van der Waals surface area contributed by atoms with Crippen LogP contribution in [0.4, 0.5) is 0 Å². The third-order valence-corrected chi connectivity index (χ3v) is 3.43. The summed E-state index contributed by atoms with van der Waals surface area (Å²) in [5.41, 5.74) is -0.428. The molecule has 0 radical (unpaired) electrons. The maximum Gasteiger partial charge on any atom is 0.310 e. The number of carbonyl (C=O) groups is 1. The first-order chi connectivity index (χ1) is 6.23. The van der Waals surface area contributed by atoms with Crippen LogP contribution in [0.15, 0.2) is 0 Å². The second kappa shape index (κ2) is 3.29. The van der Waals surface area contributed by atoms with Crippen molar-refractivity contribution in [2.75, 3.05) is 13.1 Å². The summed E-state index contributed by atoms with van der Waals surface area (Å²) in [5.74, 6) is 0.245. The lowest BCUT2D eigenvalue weighted by Gasteiger charge is -2.22. The molecule has 0 bridgehead atoms. The number of carboxylic acid groups (broad SMARTS) is 1. The molecule has 0 aromatic carbocycles. The third-order valence-electron chi connectivity index (χ3n) is 3.43. The zero-order chi connectivity index (χ0) is 9.31. The van der Waals surface area contributed by atoms with Gasteiger partial charge in [-0.05, 0) is 31.7 Å². The Hall–Kier alpha value is -0.570. The van der Waals surface area contributed by atoms with E-state index >= 15 is 0 Å². The molecule has 1 aliphatic carbocycles. The van der Waals surface area contributed by atoms with Crippen LogP contribution in [-0.2, 0) is 4.79 Å². The van der Waals surface area contributed by atoms with Gasteiger partial charge in [0.05, 0.1) is 5.41 Å². The maximum atomic E-state index is 11.1. The van der Waals surface area contributed by atoms with Crippen LogP contribution in [0.2, 0.25) is 0 Å². The zero-order valence-corrected chi connectivity index (χ0v) is 7.88. The van der Waals surface area contributed by atoms with Gasteiger partial charge in [0.1, 0.15) is 0 Å². The molecule has 2 rings (SSSR count). The van der Waals surface area contributed by atoms with Crippen molar-refractivity contribution in [1.29, 1.82) is 0 Å². The van der Waals surface area contributed by atoms with Crippen LogP contribution < -0.4 is 5.32 Å². The van der Waals surface area contributed by atoms with Crippen molar-refractivity contribution in [2.45, 2.75) is 32.1 Å². The highest BCUT2D eigenvalue weighted by Gasteiger charge is 2.41. The molecular formula is C10H17NO2. The summed E-state index contributed by atoms with van der Waals surface area (Å²) >= 11 is 0. The molecule has 2 aliphatic rings. The molecule has 2 fully saturated rings. The van der Waals surface area contributed by atoms with E-state index in [2.05, 4.69) is 5.32 Å². The second-order valence-electron chi connectivity index (χ2n) is 4.49. The molecule has 2 N–H and O–H groups in total. The summed E-state index contributed by atoms with van der Waals surface area (Å²) in [4.78, 5) is 11.1. The van der Waals surface area contributed by atoms with Crippen molar-refractivity contribution in [3.05, 3.63) is 0 Å². The number of carboxylic acids is 1. The number of nitrogens with one attached hydrogen (secondary N) is 1. The first-order valence-electron chi connectivity index (χ1n) is 5.17. The Labute approximate surface area is 78.5 Å². The lowest BCUT2D eigenvalue weighted by molar-refractivity contribution is -0.148. The number of hydrogen-bond donors (Lipinski definition) is 2. The molecular weight excluding hydrogens is 166 g/mol. The van der Waals surface area contributed by atoms with Gasteiger partial charge in [0, 0.05) is 6.54 Å². The Morgan fingerprint density at radius 3 is 2.77 bits per heavy atom. The Kier molecular flexibility index (Phi) is 2.28. The predicted molar refractivity (Wildman–Crippen MR) is 49.5 cm³/mol. The zero-order valence-electron chi connectivity index (χ0n) is 7.88. The predicted octanol–water partition coefficient (Wildman–Crippen LogP) is 1.24. The van der Waals surface area contributed by atoms with E-state index in [1.165, 1.54) is 12.8 Å². The Balaban J connectivity index is 1.91. The maximum absolute atomic E-state index is 11.1. The van der Waals surface area contributed by atoms with Gasteiger partial charge in [-0.15, -0.1) is 0 Å². The highest BCUT2D eigenvalue weighted by Crippen LogP contribution is 2.40. The van der Waals surface area contributed by atoms with Gasteiger partial charge in [-0.1, -0.05) is 12.8 Å². The standard InChI is InChI=1S/C10H17NO2/c12-9(13)10(5-6-11-7-10)4-3-8-1-2-8/h8,11H,1-7H2,(H,12,13). The molecule has 0 aromatic rings. The fourth-order valence-electron chi connectivity index (χ4n) is 2.13. The fourth-order valence-corrected chi connectivity index (χ4v) is 2.13. The van der Waals surface area contributed by atoms with E-state index in [1.54, 1.807) is 0 Å². The number of rotatable bonds is 4. The van der Waals surface area contributed by atoms with Crippen LogP contribution in [0, 0.1) is 11.3 Å². The van der Waals surface area contributed by atoms with Gasteiger partial charge < -0.3 is 10.4 Å². The first kappa shape index (κ1) is 9.00. The molecule has 74 valence electrons. The average Bonchev–Trinajstić information content (AvgIpc) is 2.80. The lowest BCUT2D eigenvalue weighted by Crippen LogP contribution is -2.33. The molecule has 1 saturated heterocycles. The molecule has 1 unspecified atom stereocenters. The summed E-state index contributed by atoms with van der Waals surface area (Å²) in [6.45, 7) is 1.55. The van der Waals surface area contributed by atoms with E-state index in [1.807, 2.05) is 0 Å². The monoisotopic (exact) mass is 183 g/mol. The molecule has 3 heteroatoms. The smallest absolute Gasteiger partial charge is 0.310 e. The van der Waals surface area contributed by atoms with E-state index in [0.29, 0.717) is 6.54 Å². The molecule has 3 nitrogen and oxygen atoms in total. The van der Waals surface area contributed by atoms with E-state index in [-0.39, 0.29) is 0 Å². The van der Waals surface area contributed by atoms with Gasteiger partial charge in [0.2, 0.25) is 0 Å². The Bertz CT molecular complexity index is 205. The summed E-state index contributed by atoms with van der Waals surface area (Å²) in [6.07, 6.45) is 5.45. The molecule has 0 aromatic heterocycles. The highest BCUT2D eigenvalue weighted by molar-refractivity contribution is 5.75. The van der Waals surface area contributed by atoms with Gasteiger partial charge >= 0.3 is 5.97 Å². The van der Waals surface area contributed by atoms with Gasteiger partial charge in [-0.25, -0.2) is 0 Å². The first-order valence-corrected chi connectivity index (χ1v) is 5.17. The highest BCUT2D eigenvalue weighted by atomic mass is 16.4. The molecule has 0 spiro atoms. The topological polar surface area (TPSA) is 49.3 Å².